The van der Waals surface area contributed by atoms with Gasteiger partial charge in [-0.2, -0.15) is 0 Å². The molecular weight excluding hydrogens is 222 g/mol. The van der Waals surface area contributed by atoms with E-state index in [2.05, 4.69) is 5.92 Å². The Bertz CT molecular complexity index is 505. The van der Waals surface area contributed by atoms with E-state index < -0.39 is 10.8 Å². The third-order valence-electron chi connectivity index (χ3n) is 2.19. The van der Waals surface area contributed by atoms with Gasteiger partial charge in [-0.1, -0.05) is 12.0 Å². The molecule has 1 aromatic carbocycles. The molecule has 0 saturated carbocycles. The number of carbonyl (C=O) groups excluding carboxylic acids is 1. The topological polar surface area (TPSA) is 89.5 Å². The highest BCUT2D eigenvalue weighted by atomic mass is 16.6. The van der Waals surface area contributed by atoms with Crippen LogP contribution < -0.4 is 5.73 Å². The number of rotatable bonds is 3. The summed E-state index contributed by atoms with van der Waals surface area (Å²) >= 11 is 0. The monoisotopic (exact) mass is 233 g/mol. The van der Waals surface area contributed by atoms with Gasteiger partial charge in [0.15, 0.2) is 0 Å². The summed E-state index contributed by atoms with van der Waals surface area (Å²) in [5.41, 5.74) is 5.22. The van der Waals surface area contributed by atoms with Gasteiger partial charge in [-0.3, -0.25) is 14.9 Å². The van der Waals surface area contributed by atoms with Gasteiger partial charge in [0.1, 0.15) is 5.69 Å². The van der Waals surface area contributed by atoms with Crippen molar-refractivity contribution in [2.45, 2.75) is 0 Å². The van der Waals surface area contributed by atoms with Crippen molar-refractivity contribution in [3.05, 3.63) is 33.9 Å². The molecule has 0 aliphatic rings. The Morgan fingerprint density at radius 2 is 2.29 bits per heavy atom. The summed E-state index contributed by atoms with van der Waals surface area (Å²) in [5.74, 6) is 1.86. The number of nitrogens with zero attached hydrogens (tertiary/aromatic N) is 2. The number of nitro groups is 1. The van der Waals surface area contributed by atoms with Crippen LogP contribution in [0, 0.1) is 22.5 Å². The van der Waals surface area contributed by atoms with Crippen LogP contribution in [0.5, 0.6) is 0 Å². The van der Waals surface area contributed by atoms with E-state index in [-0.39, 0.29) is 23.5 Å². The first-order valence-corrected chi connectivity index (χ1v) is 4.70. The van der Waals surface area contributed by atoms with Crippen molar-refractivity contribution in [3.8, 4) is 12.3 Å². The molecule has 2 N–H and O–H groups in total. The van der Waals surface area contributed by atoms with Gasteiger partial charge in [0.25, 0.3) is 11.6 Å². The highest BCUT2D eigenvalue weighted by Crippen LogP contribution is 2.25. The van der Waals surface area contributed by atoms with Crippen molar-refractivity contribution in [2.24, 2.45) is 0 Å². The van der Waals surface area contributed by atoms with E-state index in [4.69, 9.17) is 12.2 Å². The van der Waals surface area contributed by atoms with E-state index in [1.54, 1.807) is 0 Å². The number of amides is 1. The molecule has 17 heavy (non-hydrogen) atoms. The van der Waals surface area contributed by atoms with Crippen molar-refractivity contribution in [1.82, 2.24) is 4.90 Å². The molecule has 6 nitrogen and oxygen atoms in total. The predicted molar refractivity (Wildman–Crippen MR) is 63.3 cm³/mol. The van der Waals surface area contributed by atoms with Crippen LogP contribution in [0.3, 0.4) is 0 Å². The van der Waals surface area contributed by atoms with E-state index in [9.17, 15) is 14.9 Å². The van der Waals surface area contributed by atoms with Crippen LogP contribution in [0.2, 0.25) is 0 Å². The fraction of sp³-hybridized carbons (Fsp3) is 0.182. The summed E-state index contributed by atoms with van der Waals surface area (Å²) in [7, 11) is 1.50. The molecule has 0 heterocycles. The minimum absolute atomic E-state index is 0.0805. The molecule has 88 valence electrons. The molecule has 6 heteroatoms. The van der Waals surface area contributed by atoms with Crippen LogP contribution >= 0.6 is 0 Å². The van der Waals surface area contributed by atoms with Gasteiger partial charge in [-0.25, -0.2) is 0 Å². The molecule has 1 amide bonds. The number of carbonyl (C=O) groups is 1. The van der Waals surface area contributed by atoms with Crippen LogP contribution in [-0.2, 0) is 0 Å². The minimum Gasteiger partial charge on any atom is -0.393 e. The average Bonchev–Trinajstić information content (AvgIpc) is 2.28. The molecule has 0 unspecified atom stereocenters. The van der Waals surface area contributed by atoms with Gasteiger partial charge in [0.2, 0.25) is 0 Å². The molecule has 0 aliphatic heterocycles. The second-order valence-electron chi connectivity index (χ2n) is 3.36. The highest BCUT2D eigenvalue weighted by Gasteiger charge is 2.20. The smallest absolute Gasteiger partial charge is 0.292 e. The fourth-order valence-electron chi connectivity index (χ4n) is 1.31. The first-order chi connectivity index (χ1) is 7.99. The lowest BCUT2D eigenvalue weighted by Crippen LogP contribution is -2.27. The van der Waals surface area contributed by atoms with Gasteiger partial charge in [-0.15, -0.1) is 6.42 Å². The van der Waals surface area contributed by atoms with Crippen LogP contribution in [0.4, 0.5) is 11.4 Å². The molecule has 1 rings (SSSR count). The normalized spacial score (nSPS) is 9.41. The maximum Gasteiger partial charge on any atom is 0.292 e. The Hall–Kier alpha value is -2.55. The Morgan fingerprint density at radius 3 is 2.82 bits per heavy atom. The molecule has 0 radical (unpaired) electrons. The number of nitrogens with two attached hydrogens (primary N) is 1. The Morgan fingerprint density at radius 1 is 1.65 bits per heavy atom. The number of terminal acetylenes is 1. The van der Waals surface area contributed by atoms with E-state index in [1.807, 2.05) is 0 Å². The molecule has 1 aromatic rings. The number of para-hydroxylation sites is 1. The lowest BCUT2D eigenvalue weighted by Gasteiger charge is -2.14. The van der Waals surface area contributed by atoms with E-state index >= 15 is 0 Å². The molecule has 0 aromatic heterocycles. The second kappa shape index (κ2) is 4.99. The molecule has 0 atom stereocenters. The Balaban J connectivity index is 3.16. The first kappa shape index (κ1) is 12.5. The van der Waals surface area contributed by atoms with Gasteiger partial charge in [0.05, 0.1) is 17.0 Å². The maximum atomic E-state index is 11.9. The predicted octanol–water partition coefficient (Wildman–Crippen LogP) is 0.882. The number of anilines is 1. The van der Waals surface area contributed by atoms with E-state index in [0.29, 0.717) is 0 Å². The van der Waals surface area contributed by atoms with Crippen LogP contribution in [0.1, 0.15) is 10.4 Å². The lowest BCUT2D eigenvalue weighted by molar-refractivity contribution is -0.383. The Labute approximate surface area is 98.2 Å². The molecule has 0 saturated heterocycles. The Kier molecular flexibility index (Phi) is 3.67. The van der Waals surface area contributed by atoms with Crippen molar-refractivity contribution >= 4 is 17.3 Å². The zero-order chi connectivity index (χ0) is 13.0. The number of nitrogen functional groups attached to an aromatic ring is 1. The summed E-state index contributed by atoms with van der Waals surface area (Å²) in [6, 6.07) is 4.08. The number of nitro benzene ring substituents is 1. The summed E-state index contributed by atoms with van der Waals surface area (Å²) in [6.07, 6.45) is 5.08. The highest BCUT2D eigenvalue weighted by molar-refractivity contribution is 6.00. The van der Waals surface area contributed by atoms with Crippen LogP contribution in [0.15, 0.2) is 18.2 Å². The van der Waals surface area contributed by atoms with Gasteiger partial charge in [-0.05, 0) is 6.07 Å². The average molecular weight is 233 g/mol. The molecule has 0 spiro atoms. The SMILES string of the molecule is C#CCN(C)C(=O)c1cccc([N+](=O)[O-])c1N. The summed E-state index contributed by atoms with van der Waals surface area (Å²) < 4.78 is 0. The number of benzene rings is 1. The van der Waals surface area contributed by atoms with Crippen LogP contribution in [-0.4, -0.2) is 29.3 Å². The molecule has 0 fully saturated rings. The van der Waals surface area contributed by atoms with E-state index in [0.717, 1.165) is 0 Å². The second-order valence-corrected chi connectivity index (χ2v) is 3.36. The third kappa shape index (κ3) is 2.52. The van der Waals surface area contributed by atoms with Gasteiger partial charge in [0, 0.05) is 13.1 Å². The third-order valence-corrected chi connectivity index (χ3v) is 2.19. The first-order valence-electron chi connectivity index (χ1n) is 4.70. The standard InChI is InChI=1S/C11H11N3O3/c1-3-7-13(2)11(15)8-5-4-6-9(10(8)12)14(16)17/h1,4-6H,7,12H2,2H3. The largest absolute Gasteiger partial charge is 0.393 e. The molecule has 0 bridgehead atoms. The quantitative estimate of drug-likeness (QED) is 0.363. The fourth-order valence-corrected chi connectivity index (χ4v) is 1.31. The van der Waals surface area contributed by atoms with Crippen molar-refractivity contribution in [3.63, 3.8) is 0 Å². The maximum absolute atomic E-state index is 11.9. The summed E-state index contributed by atoms with van der Waals surface area (Å²) in [5, 5.41) is 10.7. The zero-order valence-electron chi connectivity index (χ0n) is 9.21. The lowest BCUT2D eigenvalue weighted by atomic mass is 10.1. The number of hydrogen-bond acceptors (Lipinski definition) is 4. The van der Waals surface area contributed by atoms with Gasteiger partial charge < -0.3 is 10.6 Å². The number of hydrogen-bond donors (Lipinski definition) is 1. The van der Waals surface area contributed by atoms with Crippen molar-refractivity contribution in [2.75, 3.05) is 19.3 Å². The van der Waals surface area contributed by atoms with Crippen molar-refractivity contribution < 1.29 is 9.72 Å². The minimum atomic E-state index is -0.632. The molecule has 0 aliphatic carbocycles. The van der Waals surface area contributed by atoms with Crippen molar-refractivity contribution in [1.29, 1.82) is 0 Å². The summed E-state index contributed by atoms with van der Waals surface area (Å²) in [6.45, 7) is 0.112. The molecular formula is C11H11N3O3. The van der Waals surface area contributed by atoms with E-state index in [1.165, 1.54) is 30.1 Å². The zero-order valence-corrected chi connectivity index (χ0v) is 9.21. The summed E-state index contributed by atoms with van der Waals surface area (Å²) in [4.78, 5) is 23.1. The van der Waals surface area contributed by atoms with Gasteiger partial charge >= 0.3 is 0 Å². The van der Waals surface area contributed by atoms with Crippen LogP contribution in [0.25, 0.3) is 0 Å².